The van der Waals surface area contributed by atoms with Crippen molar-refractivity contribution < 1.29 is 9.59 Å². The number of Topliss-reactive ketones (excluding diaryl/α,β-unsaturated/α-hetero) is 1. The van der Waals surface area contributed by atoms with Gasteiger partial charge in [-0.3, -0.25) is 9.59 Å². The van der Waals surface area contributed by atoms with Gasteiger partial charge in [-0.15, -0.1) is 11.8 Å². The van der Waals surface area contributed by atoms with E-state index in [1.54, 1.807) is 24.9 Å². The van der Waals surface area contributed by atoms with Gasteiger partial charge in [0, 0.05) is 24.1 Å². The van der Waals surface area contributed by atoms with Gasteiger partial charge >= 0.3 is 0 Å². The first kappa shape index (κ1) is 13.8. The fraction of sp³-hybridized carbons (Fsp3) is 0.385. The third kappa shape index (κ3) is 4.23. The molecule has 1 aromatic carbocycles. The average Bonchev–Trinajstić information content (AvgIpc) is 2.35. The van der Waals surface area contributed by atoms with Crippen LogP contribution in [0.3, 0.4) is 0 Å². The van der Waals surface area contributed by atoms with E-state index in [0.717, 1.165) is 4.90 Å². The topological polar surface area (TPSA) is 37.4 Å². The largest absolute Gasteiger partial charge is 0.345 e. The van der Waals surface area contributed by atoms with Gasteiger partial charge in [-0.05, 0) is 26.0 Å². The van der Waals surface area contributed by atoms with E-state index in [1.165, 1.54) is 11.8 Å². The molecule has 3 nitrogen and oxygen atoms in total. The molecular weight excluding hydrogens is 234 g/mol. The molecule has 0 aliphatic rings. The standard InChI is InChI=1S/C13H17NO2S/c1-4-14(3)13(16)9-17-12-7-5-6-11(8-12)10(2)15/h5-8H,4,9H2,1-3H3. The number of rotatable bonds is 5. The Morgan fingerprint density at radius 1 is 1.35 bits per heavy atom. The van der Waals surface area contributed by atoms with Crippen LogP contribution in [0.5, 0.6) is 0 Å². The highest BCUT2D eigenvalue weighted by atomic mass is 32.2. The maximum absolute atomic E-state index is 11.6. The van der Waals surface area contributed by atoms with Crippen molar-refractivity contribution >= 4 is 23.5 Å². The molecule has 1 rings (SSSR count). The molecule has 0 fully saturated rings. The quantitative estimate of drug-likeness (QED) is 0.596. The van der Waals surface area contributed by atoms with Crippen molar-refractivity contribution in [1.82, 2.24) is 4.90 Å². The summed E-state index contributed by atoms with van der Waals surface area (Å²) >= 11 is 1.46. The molecule has 0 unspecified atom stereocenters. The van der Waals surface area contributed by atoms with Gasteiger partial charge in [0.1, 0.15) is 0 Å². The van der Waals surface area contributed by atoms with E-state index >= 15 is 0 Å². The predicted molar refractivity (Wildman–Crippen MR) is 70.5 cm³/mol. The van der Waals surface area contributed by atoms with Gasteiger partial charge < -0.3 is 4.90 Å². The Morgan fingerprint density at radius 3 is 2.65 bits per heavy atom. The van der Waals surface area contributed by atoms with E-state index in [2.05, 4.69) is 0 Å². The maximum atomic E-state index is 11.6. The van der Waals surface area contributed by atoms with Gasteiger partial charge in [0.05, 0.1) is 5.75 Å². The highest BCUT2D eigenvalue weighted by Crippen LogP contribution is 2.19. The first-order valence-electron chi connectivity index (χ1n) is 5.52. The molecule has 92 valence electrons. The molecule has 1 amide bonds. The highest BCUT2D eigenvalue weighted by Gasteiger charge is 2.07. The van der Waals surface area contributed by atoms with Crippen molar-refractivity contribution in [3.05, 3.63) is 29.8 Å². The third-order valence-electron chi connectivity index (χ3n) is 2.50. The number of hydrogen-bond donors (Lipinski definition) is 0. The van der Waals surface area contributed by atoms with Crippen LogP contribution < -0.4 is 0 Å². The minimum atomic E-state index is 0.0458. The van der Waals surface area contributed by atoms with Gasteiger partial charge in [0.2, 0.25) is 5.91 Å². The second-order valence-electron chi connectivity index (χ2n) is 3.78. The van der Waals surface area contributed by atoms with Crippen LogP contribution in [-0.4, -0.2) is 35.9 Å². The first-order chi connectivity index (χ1) is 8.04. The molecule has 0 aliphatic heterocycles. The van der Waals surface area contributed by atoms with Crippen LogP contribution >= 0.6 is 11.8 Å². The highest BCUT2D eigenvalue weighted by molar-refractivity contribution is 8.00. The van der Waals surface area contributed by atoms with Gasteiger partial charge in [0.25, 0.3) is 0 Å². The van der Waals surface area contributed by atoms with Crippen molar-refractivity contribution in [2.24, 2.45) is 0 Å². The summed E-state index contributed by atoms with van der Waals surface area (Å²) in [6, 6.07) is 7.36. The molecule has 0 bridgehead atoms. The molecule has 0 saturated heterocycles. The Balaban J connectivity index is 2.60. The number of ketones is 1. The van der Waals surface area contributed by atoms with Gasteiger partial charge in [-0.25, -0.2) is 0 Å². The molecule has 0 aromatic heterocycles. The van der Waals surface area contributed by atoms with Crippen molar-refractivity contribution in [3.63, 3.8) is 0 Å². The second-order valence-corrected chi connectivity index (χ2v) is 4.83. The summed E-state index contributed by atoms with van der Waals surface area (Å²) < 4.78 is 0. The molecular formula is C13H17NO2S. The number of carbonyl (C=O) groups is 2. The van der Waals surface area contributed by atoms with Crippen LogP contribution in [0, 0.1) is 0 Å². The SMILES string of the molecule is CCN(C)C(=O)CSc1cccc(C(C)=O)c1. The van der Waals surface area contributed by atoms with E-state index in [-0.39, 0.29) is 11.7 Å². The van der Waals surface area contributed by atoms with E-state index in [0.29, 0.717) is 17.9 Å². The maximum Gasteiger partial charge on any atom is 0.232 e. The third-order valence-corrected chi connectivity index (χ3v) is 3.48. The zero-order valence-electron chi connectivity index (χ0n) is 10.4. The average molecular weight is 251 g/mol. The van der Waals surface area contributed by atoms with Crippen LogP contribution in [0.25, 0.3) is 0 Å². The normalized spacial score (nSPS) is 10.1. The molecule has 0 heterocycles. The summed E-state index contributed by atoms with van der Waals surface area (Å²) in [5.41, 5.74) is 0.686. The fourth-order valence-electron chi connectivity index (χ4n) is 1.24. The van der Waals surface area contributed by atoms with E-state index < -0.39 is 0 Å². The van der Waals surface area contributed by atoms with Gasteiger partial charge in [0.15, 0.2) is 5.78 Å². The van der Waals surface area contributed by atoms with Crippen molar-refractivity contribution in [2.75, 3.05) is 19.3 Å². The predicted octanol–water partition coefficient (Wildman–Crippen LogP) is 2.46. The molecule has 4 heteroatoms. The zero-order valence-corrected chi connectivity index (χ0v) is 11.2. The lowest BCUT2D eigenvalue weighted by Gasteiger charge is -2.13. The summed E-state index contributed by atoms with van der Waals surface area (Å²) in [5.74, 6) is 0.557. The first-order valence-corrected chi connectivity index (χ1v) is 6.51. The van der Waals surface area contributed by atoms with E-state index in [9.17, 15) is 9.59 Å². The van der Waals surface area contributed by atoms with Crippen LogP contribution in [0.15, 0.2) is 29.2 Å². The smallest absolute Gasteiger partial charge is 0.232 e. The van der Waals surface area contributed by atoms with Crippen molar-refractivity contribution in [3.8, 4) is 0 Å². The molecule has 0 aliphatic carbocycles. The lowest BCUT2D eigenvalue weighted by Crippen LogP contribution is -2.27. The van der Waals surface area contributed by atoms with E-state index in [4.69, 9.17) is 0 Å². The van der Waals surface area contributed by atoms with Crippen LogP contribution in [0.4, 0.5) is 0 Å². The summed E-state index contributed by atoms with van der Waals surface area (Å²) in [7, 11) is 1.79. The minimum absolute atomic E-state index is 0.0458. The van der Waals surface area contributed by atoms with Crippen molar-refractivity contribution in [2.45, 2.75) is 18.7 Å². The minimum Gasteiger partial charge on any atom is -0.345 e. The fourth-order valence-corrected chi connectivity index (χ4v) is 2.13. The molecule has 0 saturated carbocycles. The number of carbonyl (C=O) groups excluding carboxylic acids is 2. The Morgan fingerprint density at radius 2 is 2.06 bits per heavy atom. The van der Waals surface area contributed by atoms with E-state index in [1.807, 2.05) is 25.1 Å². The number of benzene rings is 1. The Hall–Kier alpha value is -1.29. The van der Waals surface area contributed by atoms with Crippen LogP contribution in [-0.2, 0) is 4.79 Å². The summed E-state index contributed by atoms with van der Waals surface area (Å²) in [4.78, 5) is 25.4. The number of hydrogen-bond acceptors (Lipinski definition) is 3. The zero-order chi connectivity index (χ0) is 12.8. The van der Waals surface area contributed by atoms with Crippen LogP contribution in [0.2, 0.25) is 0 Å². The molecule has 0 N–H and O–H groups in total. The molecule has 0 radical (unpaired) electrons. The number of thioether (sulfide) groups is 1. The lowest BCUT2D eigenvalue weighted by atomic mass is 10.2. The number of nitrogens with zero attached hydrogens (tertiary/aromatic N) is 1. The lowest BCUT2D eigenvalue weighted by molar-refractivity contribution is -0.126. The molecule has 0 spiro atoms. The summed E-state index contributed by atoms with van der Waals surface area (Å²) in [6.45, 7) is 4.20. The molecule has 17 heavy (non-hydrogen) atoms. The second kappa shape index (κ2) is 6.45. The number of amides is 1. The Kier molecular flexibility index (Phi) is 5.22. The van der Waals surface area contributed by atoms with Gasteiger partial charge in [-0.2, -0.15) is 0 Å². The summed E-state index contributed by atoms with van der Waals surface area (Å²) in [6.07, 6.45) is 0. The Bertz CT molecular complexity index is 418. The molecule has 1 aromatic rings. The van der Waals surface area contributed by atoms with Crippen molar-refractivity contribution in [1.29, 1.82) is 0 Å². The summed E-state index contributed by atoms with van der Waals surface area (Å²) in [5, 5.41) is 0. The Labute approximate surface area is 106 Å². The monoisotopic (exact) mass is 251 g/mol. The van der Waals surface area contributed by atoms with Crippen LogP contribution in [0.1, 0.15) is 24.2 Å². The molecule has 0 atom stereocenters. The van der Waals surface area contributed by atoms with Gasteiger partial charge in [-0.1, -0.05) is 12.1 Å².